The highest BCUT2D eigenvalue weighted by Gasteiger charge is 2.51. The predicted molar refractivity (Wildman–Crippen MR) is 129 cm³/mol. The Kier molecular flexibility index (Phi) is 9.31. The van der Waals surface area contributed by atoms with Crippen LogP contribution in [0.15, 0.2) is 18.2 Å². The largest absolute Gasteiger partial charge is 0.504 e. The second-order valence-electron chi connectivity index (χ2n) is 10.6. The first-order valence-corrected chi connectivity index (χ1v) is 12.8. The van der Waals surface area contributed by atoms with Crippen LogP contribution in [-0.2, 0) is 14.2 Å². The molecule has 37 heavy (non-hydrogen) atoms. The number of aliphatic hydroxyl groups excluding tert-OH is 6. The average molecular weight is 529 g/mol. The van der Waals surface area contributed by atoms with Crippen molar-refractivity contribution in [2.24, 2.45) is 23.7 Å². The number of aromatic hydroxyl groups is 1. The van der Waals surface area contributed by atoms with Crippen molar-refractivity contribution in [2.75, 3.05) is 34.0 Å². The molecule has 0 spiro atoms. The molecule has 1 aromatic rings. The van der Waals surface area contributed by atoms with E-state index in [1.165, 1.54) is 7.11 Å². The lowest BCUT2D eigenvalue weighted by atomic mass is 9.55. The lowest BCUT2D eigenvalue weighted by molar-refractivity contribution is -0.305. The van der Waals surface area contributed by atoms with Crippen LogP contribution in [0.1, 0.15) is 30.7 Å². The molecule has 210 valence electrons. The minimum Gasteiger partial charge on any atom is -0.504 e. The van der Waals surface area contributed by atoms with E-state index in [4.69, 9.17) is 18.9 Å². The Morgan fingerprint density at radius 1 is 0.946 bits per heavy atom. The quantitative estimate of drug-likeness (QED) is 0.228. The summed E-state index contributed by atoms with van der Waals surface area (Å²) in [5, 5.41) is 71.6. The second kappa shape index (κ2) is 12.1. The van der Waals surface area contributed by atoms with Gasteiger partial charge in [0.25, 0.3) is 0 Å². The Hall–Kier alpha value is -1.54. The first kappa shape index (κ1) is 28.5. The number of fused-ring (bicyclic) bond motifs is 1. The van der Waals surface area contributed by atoms with E-state index in [1.807, 2.05) is 0 Å². The fourth-order valence-electron chi connectivity index (χ4n) is 6.65. The van der Waals surface area contributed by atoms with E-state index in [-0.39, 0.29) is 54.7 Å². The van der Waals surface area contributed by atoms with Crippen LogP contribution in [0, 0.1) is 23.7 Å². The molecule has 1 heterocycles. The van der Waals surface area contributed by atoms with E-state index >= 15 is 0 Å². The van der Waals surface area contributed by atoms with Crippen molar-refractivity contribution in [2.45, 2.75) is 68.1 Å². The van der Waals surface area contributed by atoms with Crippen LogP contribution in [0.25, 0.3) is 0 Å². The molecule has 1 aromatic carbocycles. The molecular formula is C26H40O11. The van der Waals surface area contributed by atoms with Crippen molar-refractivity contribution in [3.8, 4) is 11.5 Å². The maximum absolute atomic E-state index is 10.8. The Labute approximate surface area is 216 Å². The van der Waals surface area contributed by atoms with Crippen LogP contribution < -0.4 is 4.74 Å². The topological polar surface area (TPSA) is 179 Å². The Morgan fingerprint density at radius 3 is 2.35 bits per heavy atom. The first-order valence-electron chi connectivity index (χ1n) is 12.8. The highest BCUT2D eigenvalue weighted by atomic mass is 16.7. The number of methoxy groups -OCH3 is 2. The molecule has 11 nitrogen and oxygen atoms in total. The second-order valence-corrected chi connectivity index (χ2v) is 10.6. The van der Waals surface area contributed by atoms with E-state index < -0.39 is 43.4 Å². The smallest absolute Gasteiger partial charge is 0.186 e. The monoisotopic (exact) mass is 528 g/mol. The maximum Gasteiger partial charge on any atom is 0.186 e. The fourth-order valence-corrected chi connectivity index (χ4v) is 6.65. The number of phenols is 1. The fraction of sp³-hybridized carbons (Fsp3) is 0.769. The summed E-state index contributed by atoms with van der Waals surface area (Å²) in [6, 6.07) is 5.11. The normalized spacial score (nSPS) is 42.3. The third-order valence-electron chi connectivity index (χ3n) is 8.64. The average Bonchev–Trinajstić information content (AvgIpc) is 2.90. The van der Waals surface area contributed by atoms with Gasteiger partial charge in [0.1, 0.15) is 24.4 Å². The molecule has 11 heteroatoms. The maximum atomic E-state index is 10.8. The van der Waals surface area contributed by atoms with Crippen LogP contribution in [0.4, 0.5) is 0 Å². The van der Waals surface area contributed by atoms with Gasteiger partial charge in [-0.05, 0) is 66.5 Å². The number of hydrogen-bond donors (Lipinski definition) is 7. The zero-order valence-corrected chi connectivity index (χ0v) is 21.2. The van der Waals surface area contributed by atoms with E-state index in [2.05, 4.69) is 0 Å². The van der Waals surface area contributed by atoms with Crippen LogP contribution in [0.5, 0.6) is 11.5 Å². The molecule has 7 N–H and O–H groups in total. The van der Waals surface area contributed by atoms with Gasteiger partial charge in [-0.25, -0.2) is 0 Å². The van der Waals surface area contributed by atoms with Crippen molar-refractivity contribution in [1.82, 2.24) is 0 Å². The first-order chi connectivity index (χ1) is 17.7. The van der Waals surface area contributed by atoms with Gasteiger partial charge in [0.15, 0.2) is 17.8 Å². The third kappa shape index (κ3) is 5.61. The van der Waals surface area contributed by atoms with Crippen molar-refractivity contribution in [3.05, 3.63) is 23.8 Å². The molecule has 0 radical (unpaired) electrons. The third-order valence-corrected chi connectivity index (χ3v) is 8.64. The van der Waals surface area contributed by atoms with Crippen LogP contribution in [-0.4, -0.2) is 113 Å². The number of rotatable bonds is 8. The molecule has 0 aromatic heterocycles. The number of phenolic OH excluding ortho intramolecular Hbond substituents is 1. The van der Waals surface area contributed by atoms with Gasteiger partial charge >= 0.3 is 0 Å². The molecule has 4 unspecified atom stereocenters. The minimum absolute atomic E-state index is 0.00504. The number of aliphatic hydroxyl groups is 6. The van der Waals surface area contributed by atoms with Crippen molar-refractivity contribution < 1.29 is 54.7 Å². The van der Waals surface area contributed by atoms with Gasteiger partial charge in [-0.1, -0.05) is 6.07 Å². The molecule has 4 rings (SSSR count). The van der Waals surface area contributed by atoms with Gasteiger partial charge < -0.3 is 54.7 Å². The summed E-state index contributed by atoms with van der Waals surface area (Å²) in [5.41, 5.74) is 0.855. The van der Waals surface area contributed by atoms with Crippen molar-refractivity contribution >= 4 is 0 Å². The SMILES string of the molecule is COc1cc([C@H]2C3CC(O)C(OC)CC3C[C@@H](CO)[C@@H]2CO[C@@H]2O[C@H](CO)[C@@H](O)[C@H](O)[C@H]2O)ccc1O. The molecule has 0 bridgehead atoms. The van der Waals surface area contributed by atoms with Crippen LogP contribution in [0.3, 0.4) is 0 Å². The summed E-state index contributed by atoms with van der Waals surface area (Å²) in [4.78, 5) is 0. The highest BCUT2D eigenvalue weighted by Crippen LogP contribution is 2.54. The molecule has 3 fully saturated rings. The Balaban J connectivity index is 1.64. The van der Waals surface area contributed by atoms with Gasteiger partial charge in [0.2, 0.25) is 0 Å². The van der Waals surface area contributed by atoms with E-state index in [1.54, 1.807) is 25.3 Å². The molecule has 2 aliphatic carbocycles. The Bertz CT molecular complexity index is 882. The van der Waals surface area contributed by atoms with Crippen molar-refractivity contribution in [1.29, 1.82) is 0 Å². The van der Waals surface area contributed by atoms with Gasteiger partial charge in [-0.15, -0.1) is 0 Å². The van der Waals surface area contributed by atoms with Crippen LogP contribution >= 0.6 is 0 Å². The predicted octanol–water partition coefficient (Wildman–Crippen LogP) is -0.669. The zero-order valence-electron chi connectivity index (χ0n) is 21.2. The molecule has 2 saturated carbocycles. The summed E-state index contributed by atoms with van der Waals surface area (Å²) in [6.07, 6.45) is -6.12. The van der Waals surface area contributed by atoms with Gasteiger partial charge in [-0.3, -0.25) is 0 Å². The number of benzene rings is 1. The summed E-state index contributed by atoms with van der Waals surface area (Å²) < 4.78 is 22.4. The Morgan fingerprint density at radius 2 is 1.70 bits per heavy atom. The molecule has 3 aliphatic rings. The van der Waals surface area contributed by atoms with E-state index in [0.29, 0.717) is 25.0 Å². The van der Waals surface area contributed by atoms with E-state index in [0.717, 1.165) is 5.56 Å². The van der Waals surface area contributed by atoms with Crippen molar-refractivity contribution in [3.63, 3.8) is 0 Å². The number of ether oxygens (including phenoxy) is 4. The summed E-state index contributed by atoms with van der Waals surface area (Å²) in [6.45, 7) is -0.640. The summed E-state index contributed by atoms with van der Waals surface area (Å²) >= 11 is 0. The van der Waals surface area contributed by atoms with Gasteiger partial charge in [-0.2, -0.15) is 0 Å². The summed E-state index contributed by atoms with van der Waals surface area (Å²) in [7, 11) is 3.05. The number of hydrogen-bond acceptors (Lipinski definition) is 11. The van der Waals surface area contributed by atoms with E-state index in [9.17, 15) is 35.7 Å². The molecule has 1 saturated heterocycles. The van der Waals surface area contributed by atoms with Crippen LogP contribution in [0.2, 0.25) is 0 Å². The van der Waals surface area contributed by atoms with Gasteiger partial charge in [0.05, 0.1) is 32.5 Å². The summed E-state index contributed by atoms with van der Waals surface area (Å²) in [5.74, 6) is -0.194. The lowest BCUT2D eigenvalue weighted by Crippen LogP contribution is -2.59. The highest BCUT2D eigenvalue weighted by molar-refractivity contribution is 5.43. The standard InChI is InChI=1S/C26H40O11/c1-34-19-6-12(3-4-17(19)29)22-15-8-18(30)20(35-2)7-13(15)5-14(9-27)16(22)11-36-26-25(33)24(32)23(31)21(10-28)37-26/h3-4,6,13-16,18,20-33H,5,7-11H2,1-2H3/t13?,14-,15?,16-,18?,20?,21+,22-,23+,24-,25+,26+/m0/s1. The molecular weight excluding hydrogens is 488 g/mol. The molecule has 12 atom stereocenters. The molecule has 1 aliphatic heterocycles. The minimum atomic E-state index is -1.56. The molecule has 0 amide bonds. The van der Waals surface area contributed by atoms with Gasteiger partial charge in [0, 0.05) is 13.7 Å². The lowest BCUT2D eigenvalue weighted by Gasteiger charge is -2.52. The zero-order chi connectivity index (χ0) is 26.9.